The van der Waals surface area contributed by atoms with E-state index in [1.54, 1.807) is 32.4 Å². The molecule has 110 valence electrons. The first kappa shape index (κ1) is 14.5. The van der Waals surface area contributed by atoms with Crippen LogP contribution in [0.25, 0.3) is 0 Å². The van der Waals surface area contributed by atoms with Gasteiger partial charge in [0, 0.05) is 18.2 Å². The van der Waals surface area contributed by atoms with Crippen molar-refractivity contribution in [3.05, 3.63) is 18.2 Å². The van der Waals surface area contributed by atoms with Crippen LogP contribution in [0.2, 0.25) is 0 Å². The molecule has 1 fully saturated rings. The molecule has 0 atom stereocenters. The third-order valence-electron chi connectivity index (χ3n) is 3.22. The number of carbonyl (C=O) groups excluding carboxylic acids is 1. The topological polar surface area (TPSA) is 82.8 Å². The number of methoxy groups -OCH3 is 2. The van der Waals surface area contributed by atoms with E-state index in [0.717, 1.165) is 12.8 Å². The van der Waals surface area contributed by atoms with Crippen molar-refractivity contribution in [1.82, 2.24) is 5.32 Å². The number of benzene rings is 1. The molecule has 0 radical (unpaired) electrons. The zero-order valence-electron chi connectivity index (χ0n) is 11.8. The highest BCUT2D eigenvalue weighted by atomic mass is 16.5. The molecule has 1 aromatic rings. The molecule has 0 saturated heterocycles. The molecule has 2 rings (SSSR count). The highest BCUT2D eigenvalue weighted by Crippen LogP contribution is 2.32. The van der Waals surface area contributed by atoms with Crippen molar-refractivity contribution in [2.45, 2.75) is 18.4 Å². The monoisotopic (exact) mass is 280 g/mol. The summed E-state index contributed by atoms with van der Waals surface area (Å²) in [4.78, 5) is 11.6. The van der Waals surface area contributed by atoms with Gasteiger partial charge in [0.25, 0.3) is 0 Å². The summed E-state index contributed by atoms with van der Waals surface area (Å²) in [5.74, 6) is 1.83. The normalized spacial score (nSPS) is 15.3. The van der Waals surface area contributed by atoms with Gasteiger partial charge >= 0.3 is 0 Å². The van der Waals surface area contributed by atoms with Gasteiger partial charge in [-0.05, 0) is 12.8 Å². The fraction of sp³-hybridized carbons (Fsp3) is 0.500. The molecule has 1 aromatic carbocycles. The van der Waals surface area contributed by atoms with Gasteiger partial charge in [0.1, 0.15) is 23.9 Å². The van der Waals surface area contributed by atoms with Crippen LogP contribution in [0.1, 0.15) is 12.8 Å². The van der Waals surface area contributed by atoms with E-state index in [1.165, 1.54) is 0 Å². The molecular weight excluding hydrogens is 260 g/mol. The second kappa shape index (κ2) is 6.00. The van der Waals surface area contributed by atoms with E-state index in [9.17, 15) is 4.79 Å². The molecule has 0 unspecified atom stereocenters. The molecule has 20 heavy (non-hydrogen) atoms. The number of hydrogen-bond acceptors (Lipinski definition) is 5. The number of nitrogens with two attached hydrogens (primary N) is 1. The van der Waals surface area contributed by atoms with Crippen molar-refractivity contribution < 1.29 is 19.0 Å². The maximum Gasteiger partial charge on any atom is 0.240 e. The summed E-state index contributed by atoms with van der Waals surface area (Å²) in [6.07, 6.45) is 1.51. The Morgan fingerprint density at radius 2 is 1.75 bits per heavy atom. The van der Waals surface area contributed by atoms with Crippen LogP contribution in [0.5, 0.6) is 17.2 Å². The second-order valence-electron chi connectivity index (χ2n) is 4.81. The first-order valence-corrected chi connectivity index (χ1v) is 6.50. The molecule has 0 bridgehead atoms. The van der Waals surface area contributed by atoms with Crippen LogP contribution in [0, 0.1) is 0 Å². The Morgan fingerprint density at radius 1 is 1.20 bits per heavy atom. The molecule has 1 aliphatic rings. The van der Waals surface area contributed by atoms with Crippen molar-refractivity contribution >= 4 is 5.91 Å². The quantitative estimate of drug-likeness (QED) is 0.718. The van der Waals surface area contributed by atoms with Crippen LogP contribution in [0.3, 0.4) is 0 Å². The number of ether oxygens (including phenoxy) is 3. The molecule has 1 amide bonds. The SMILES string of the molecule is COc1cc(OC)cc(OCCNC(=O)C2(N)CC2)c1. The first-order chi connectivity index (χ1) is 9.57. The Bertz CT molecular complexity index is 464. The summed E-state index contributed by atoms with van der Waals surface area (Å²) in [7, 11) is 3.16. The number of carbonyl (C=O) groups is 1. The number of nitrogens with one attached hydrogen (secondary N) is 1. The van der Waals surface area contributed by atoms with Gasteiger partial charge in [-0.25, -0.2) is 0 Å². The Kier molecular flexibility index (Phi) is 4.34. The van der Waals surface area contributed by atoms with E-state index in [2.05, 4.69) is 5.32 Å². The summed E-state index contributed by atoms with van der Waals surface area (Å²) in [5.41, 5.74) is 5.13. The number of amides is 1. The Hall–Kier alpha value is -1.95. The minimum atomic E-state index is -0.640. The van der Waals surface area contributed by atoms with Crippen LogP contribution in [-0.4, -0.2) is 38.8 Å². The average Bonchev–Trinajstić information content (AvgIpc) is 3.22. The van der Waals surface area contributed by atoms with E-state index in [4.69, 9.17) is 19.9 Å². The predicted octanol–water partition coefficient (Wildman–Crippen LogP) is 0.690. The van der Waals surface area contributed by atoms with Gasteiger partial charge in [-0.15, -0.1) is 0 Å². The predicted molar refractivity (Wildman–Crippen MR) is 74.2 cm³/mol. The Labute approximate surface area is 118 Å². The second-order valence-corrected chi connectivity index (χ2v) is 4.81. The van der Waals surface area contributed by atoms with Crippen LogP contribution in [0.15, 0.2) is 18.2 Å². The van der Waals surface area contributed by atoms with E-state index in [1.807, 2.05) is 0 Å². The third-order valence-corrected chi connectivity index (χ3v) is 3.22. The summed E-state index contributed by atoms with van der Waals surface area (Å²) in [5, 5.41) is 2.76. The van der Waals surface area contributed by atoms with Gasteiger partial charge in [0.05, 0.1) is 26.3 Å². The van der Waals surface area contributed by atoms with Crippen LogP contribution in [-0.2, 0) is 4.79 Å². The minimum absolute atomic E-state index is 0.107. The van der Waals surface area contributed by atoms with E-state index in [-0.39, 0.29) is 5.91 Å². The smallest absolute Gasteiger partial charge is 0.240 e. The Balaban J connectivity index is 1.80. The summed E-state index contributed by atoms with van der Waals surface area (Å²) < 4.78 is 15.9. The number of hydrogen-bond donors (Lipinski definition) is 2. The lowest BCUT2D eigenvalue weighted by molar-refractivity contribution is -0.123. The number of rotatable bonds is 7. The van der Waals surface area contributed by atoms with Crippen molar-refractivity contribution in [3.63, 3.8) is 0 Å². The minimum Gasteiger partial charge on any atom is -0.496 e. The molecule has 0 aliphatic heterocycles. The molecule has 0 spiro atoms. The molecule has 0 aromatic heterocycles. The highest BCUT2D eigenvalue weighted by Gasteiger charge is 2.45. The van der Waals surface area contributed by atoms with E-state index >= 15 is 0 Å². The molecule has 3 N–H and O–H groups in total. The van der Waals surface area contributed by atoms with Crippen molar-refractivity contribution in [3.8, 4) is 17.2 Å². The standard InChI is InChI=1S/C14H20N2O4/c1-18-10-7-11(19-2)9-12(8-10)20-6-5-16-13(17)14(15)3-4-14/h7-9H,3-6,15H2,1-2H3,(H,16,17). The molecule has 1 aliphatic carbocycles. The maximum atomic E-state index is 11.6. The van der Waals surface area contributed by atoms with Crippen LogP contribution < -0.4 is 25.3 Å². The van der Waals surface area contributed by atoms with Gasteiger partial charge < -0.3 is 25.3 Å². The summed E-state index contributed by atoms with van der Waals surface area (Å²) >= 11 is 0. The summed E-state index contributed by atoms with van der Waals surface area (Å²) in [6.45, 7) is 0.773. The van der Waals surface area contributed by atoms with Crippen molar-refractivity contribution in [1.29, 1.82) is 0 Å². The highest BCUT2D eigenvalue weighted by molar-refractivity contribution is 5.88. The lowest BCUT2D eigenvalue weighted by atomic mass is 10.3. The van der Waals surface area contributed by atoms with Gasteiger partial charge in [-0.2, -0.15) is 0 Å². The molecule has 6 heteroatoms. The fourth-order valence-corrected chi connectivity index (χ4v) is 1.74. The lowest BCUT2D eigenvalue weighted by Gasteiger charge is -2.12. The van der Waals surface area contributed by atoms with E-state index in [0.29, 0.717) is 30.4 Å². The Morgan fingerprint density at radius 3 is 2.25 bits per heavy atom. The molecule has 0 heterocycles. The maximum absolute atomic E-state index is 11.6. The largest absolute Gasteiger partial charge is 0.496 e. The van der Waals surface area contributed by atoms with Crippen LogP contribution >= 0.6 is 0 Å². The zero-order chi connectivity index (χ0) is 14.6. The fourth-order valence-electron chi connectivity index (χ4n) is 1.74. The van der Waals surface area contributed by atoms with Gasteiger partial charge in [0.2, 0.25) is 5.91 Å². The lowest BCUT2D eigenvalue weighted by Crippen LogP contribution is -2.44. The molecule has 1 saturated carbocycles. The van der Waals surface area contributed by atoms with Gasteiger partial charge in [-0.3, -0.25) is 4.79 Å². The van der Waals surface area contributed by atoms with E-state index < -0.39 is 5.54 Å². The van der Waals surface area contributed by atoms with Gasteiger partial charge in [0.15, 0.2) is 0 Å². The molecule has 6 nitrogen and oxygen atoms in total. The summed E-state index contributed by atoms with van der Waals surface area (Å²) in [6, 6.07) is 5.28. The molecular formula is C14H20N2O4. The van der Waals surface area contributed by atoms with Crippen molar-refractivity contribution in [2.75, 3.05) is 27.4 Å². The zero-order valence-corrected chi connectivity index (χ0v) is 11.8. The van der Waals surface area contributed by atoms with Gasteiger partial charge in [-0.1, -0.05) is 0 Å². The van der Waals surface area contributed by atoms with Crippen LogP contribution in [0.4, 0.5) is 0 Å². The third kappa shape index (κ3) is 3.54. The average molecular weight is 280 g/mol. The first-order valence-electron chi connectivity index (χ1n) is 6.50. The van der Waals surface area contributed by atoms with Crippen molar-refractivity contribution in [2.24, 2.45) is 5.73 Å².